The smallest absolute Gasteiger partial charge is 0.335 e. The average molecular weight is 322 g/mol. The van der Waals surface area contributed by atoms with E-state index < -0.39 is 19.0 Å². The molecule has 0 saturated carbocycles. The van der Waals surface area contributed by atoms with E-state index in [-0.39, 0.29) is 11.4 Å². The highest BCUT2D eigenvalue weighted by atomic mass is 19.3. The van der Waals surface area contributed by atoms with Gasteiger partial charge >= 0.3 is 5.97 Å². The Labute approximate surface area is 131 Å². The van der Waals surface area contributed by atoms with Crippen LogP contribution in [0, 0.1) is 0 Å². The molecule has 2 rings (SSSR count). The van der Waals surface area contributed by atoms with E-state index in [1.165, 1.54) is 12.3 Å². The van der Waals surface area contributed by atoms with Gasteiger partial charge in [0.1, 0.15) is 0 Å². The Morgan fingerprint density at radius 2 is 2.09 bits per heavy atom. The number of rotatable bonds is 8. The lowest BCUT2D eigenvalue weighted by Gasteiger charge is -2.11. The minimum absolute atomic E-state index is 0.166. The van der Waals surface area contributed by atoms with Crippen LogP contribution in [-0.2, 0) is 13.1 Å². The molecule has 122 valence electrons. The molecule has 0 radical (unpaired) electrons. The highest BCUT2D eigenvalue weighted by Gasteiger charge is 2.09. The summed E-state index contributed by atoms with van der Waals surface area (Å²) in [4.78, 5) is 14.9. The number of nitrogens with one attached hydrogen (secondary N) is 1. The second kappa shape index (κ2) is 8.19. The molecule has 0 amide bonds. The van der Waals surface area contributed by atoms with Crippen molar-refractivity contribution in [3.05, 3.63) is 59.3 Å². The fourth-order valence-electron chi connectivity index (χ4n) is 1.99. The van der Waals surface area contributed by atoms with Crippen LogP contribution in [-0.4, -0.2) is 29.1 Å². The van der Waals surface area contributed by atoms with Crippen LogP contribution in [0.1, 0.15) is 21.5 Å². The molecule has 0 aliphatic heterocycles. The first kappa shape index (κ1) is 16.8. The van der Waals surface area contributed by atoms with Gasteiger partial charge in [-0.25, -0.2) is 18.6 Å². The first-order chi connectivity index (χ1) is 11.1. The van der Waals surface area contributed by atoms with Crippen molar-refractivity contribution >= 4 is 5.97 Å². The third-order valence-corrected chi connectivity index (χ3v) is 3.01. The van der Waals surface area contributed by atoms with Crippen molar-refractivity contribution in [1.29, 1.82) is 0 Å². The number of carboxylic acids is 1. The number of benzene rings is 1. The molecule has 1 aromatic heterocycles. The van der Waals surface area contributed by atoms with Crippen molar-refractivity contribution in [2.45, 2.75) is 19.5 Å². The summed E-state index contributed by atoms with van der Waals surface area (Å²) in [7, 11) is 0. The Kier molecular flexibility index (Phi) is 5.99. The quantitative estimate of drug-likeness (QED) is 0.782. The number of pyridine rings is 1. The summed E-state index contributed by atoms with van der Waals surface area (Å²) in [6, 6.07) is 9.99. The zero-order valence-electron chi connectivity index (χ0n) is 12.2. The predicted molar refractivity (Wildman–Crippen MR) is 79.7 cm³/mol. The van der Waals surface area contributed by atoms with Crippen LogP contribution in [0.4, 0.5) is 8.78 Å². The molecule has 0 saturated heterocycles. The van der Waals surface area contributed by atoms with Crippen molar-refractivity contribution in [2.75, 3.05) is 6.61 Å². The van der Waals surface area contributed by atoms with E-state index in [2.05, 4.69) is 10.3 Å². The van der Waals surface area contributed by atoms with Crippen LogP contribution in [0.15, 0.2) is 42.6 Å². The second-order valence-corrected chi connectivity index (χ2v) is 4.78. The van der Waals surface area contributed by atoms with Crippen molar-refractivity contribution in [3.63, 3.8) is 0 Å². The summed E-state index contributed by atoms with van der Waals surface area (Å²) in [5, 5.41) is 12.1. The summed E-state index contributed by atoms with van der Waals surface area (Å²) in [6.45, 7) is 0.0959. The van der Waals surface area contributed by atoms with Gasteiger partial charge in [-0.15, -0.1) is 0 Å². The zero-order valence-corrected chi connectivity index (χ0v) is 12.2. The summed E-state index contributed by atoms with van der Waals surface area (Å²) in [5.74, 6) is -0.818. The Morgan fingerprint density at radius 3 is 2.83 bits per heavy atom. The number of ether oxygens (including phenoxy) is 1. The number of aromatic carboxylic acids is 1. The molecular weight excluding hydrogens is 306 g/mol. The molecule has 0 aliphatic carbocycles. The van der Waals surface area contributed by atoms with Crippen molar-refractivity contribution in [1.82, 2.24) is 10.3 Å². The molecule has 7 heteroatoms. The van der Waals surface area contributed by atoms with Crippen molar-refractivity contribution < 1.29 is 23.4 Å². The summed E-state index contributed by atoms with van der Waals surface area (Å²) in [6.07, 6.45) is -1.09. The molecule has 1 heterocycles. The molecule has 0 fully saturated rings. The van der Waals surface area contributed by atoms with Gasteiger partial charge in [0, 0.05) is 24.8 Å². The molecule has 2 aromatic rings. The van der Waals surface area contributed by atoms with E-state index >= 15 is 0 Å². The second-order valence-electron chi connectivity index (χ2n) is 4.78. The average Bonchev–Trinajstić information content (AvgIpc) is 2.54. The number of nitrogens with zero attached hydrogens (tertiary/aromatic N) is 1. The number of hydrogen-bond donors (Lipinski definition) is 2. The van der Waals surface area contributed by atoms with Gasteiger partial charge in [0.15, 0.2) is 6.61 Å². The standard InChI is InChI=1S/C16H16F2N2O3/c17-14(18)10-23-15-13(5-2-6-20-15)9-19-8-11-3-1-4-12(7-11)16(21)22/h1-7,14,19H,8-10H2,(H,21,22). The van der Waals surface area contributed by atoms with Gasteiger partial charge < -0.3 is 15.2 Å². The summed E-state index contributed by atoms with van der Waals surface area (Å²) in [5.41, 5.74) is 1.68. The Balaban J connectivity index is 1.93. The number of hydrogen-bond acceptors (Lipinski definition) is 4. The highest BCUT2D eigenvalue weighted by Crippen LogP contribution is 2.15. The molecule has 0 bridgehead atoms. The van der Waals surface area contributed by atoms with E-state index in [0.29, 0.717) is 18.7 Å². The van der Waals surface area contributed by atoms with Gasteiger partial charge in [0.2, 0.25) is 5.88 Å². The number of carbonyl (C=O) groups is 1. The lowest BCUT2D eigenvalue weighted by atomic mass is 10.1. The van der Waals surface area contributed by atoms with Gasteiger partial charge in [0.25, 0.3) is 6.43 Å². The van der Waals surface area contributed by atoms with E-state index in [1.54, 1.807) is 30.3 Å². The number of aromatic nitrogens is 1. The van der Waals surface area contributed by atoms with E-state index in [0.717, 1.165) is 5.56 Å². The largest absolute Gasteiger partial charge is 0.478 e. The molecular formula is C16H16F2N2O3. The highest BCUT2D eigenvalue weighted by molar-refractivity contribution is 5.87. The normalized spacial score (nSPS) is 10.7. The lowest BCUT2D eigenvalue weighted by molar-refractivity contribution is 0.0696. The summed E-state index contributed by atoms with van der Waals surface area (Å²) < 4.78 is 29.4. The maximum atomic E-state index is 12.2. The van der Waals surface area contributed by atoms with Crippen LogP contribution in [0.5, 0.6) is 5.88 Å². The van der Waals surface area contributed by atoms with Gasteiger partial charge in [-0.05, 0) is 23.8 Å². The molecule has 0 atom stereocenters. The van der Waals surface area contributed by atoms with Crippen molar-refractivity contribution in [3.8, 4) is 5.88 Å². The molecule has 0 unspecified atom stereocenters. The van der Waals surface area contributed by atoms with E-state index in [4.69, 9.17) is 9.84 Å². The maximum Gasteiger partial charge on any atom is 0.335 e. The van der Waals surface area contributed by atoms with Crippen LogP contribution < -0.4 is 10.1 Å². The maximum absolute atomic E-state index is 12.2. The first-order valence-electron chi connectivity index (χ1n) is 6.94. The van der Waals surface area contributed by atoms with Gasteiger partial charge in [-0.1, -0.05) is 18.2 Å². The summed E-state index contributed by atoms with van der Waals surface area (Å²) >= 11 is 0. The van der Waals surface area contributed by atoms with Crippen LogP contribution in [0.3, 0.4) is 0 Å². The number of halogens is 2. The lowest BCUT2D eigenvalue weighted by Crippen LogP contribution is -2.16. The fourth-order valence-corrected chi connectivity index (χ4v) is 1.99. The molecule has 23 heavy (non-hydrogen) atoms. The number of alkyl halides is 2. The monoisotopic (exact) mass is 322 g/mol. The van der Waals surface area contributed by atoms with Crippen LogP contribution >= 0.6 is 0 Å². The van der Waals surface area contributed by atoms with Crippen molar-refractivity contribution in [2.24, 2.45) is 0 Å². The Morgan fingerprint density at radius 1 is 1.26 bits per heavy atom. The SMILES string of the molecule is O=C(O)c1cccc(CNCc2cccnc2OCC(F)F)c1. The third-order valence-electron chi connectivity index (χ3n) is 3.01. The molecule has 1 aromatic carbocycles. The molecule has 0 aliphatic rings. The zero-order chi connectivity index (χ0) is 16.7. The third kappa shape index (κ3) is 5.30. The van der Waals surface area contributed by atoms with Crippen LogP contribution in [0.25, 0.3) is 0 Å². The fraction of sp³-hybridized carbons (Fsp3) is 0.250. The van der Waals surface area contributed by atoms with Crippen LogP contribution in [0.2, 0.25) is 0 Å². The van der Waals surface area contributed by atoms with Gasteiger partial charge in [-0.3, -0.25) is 0 Å². The Bertz CT molecular complexity index is 665. The number of carboxylic acid groups (broad SMARTS) is 1. The predicted octanol–water partition coefficient (Wildman–Crippen LogP) is 2.71. The van der Waals surface area contributed by atoms with Gasteiger partial charge in [0.05, 0.1) is 5.56 Å². The van der Waals surface area contributed by atoms with E-state index in [9.17, 15) is 13.6 Å². The Hall–Kier alpha value is -2.54. The molecule has 0 spiro atoms. The molecule has 5 nitrogen and oxygen atoms in total. The minimum Gasteiger partial charge on any atom is -0.478 e. The molecule has 2 N–H and O–H groups in total. The van der Waals surface area contributed by atoms with Gasteiger partial charge in [-0.2, -0.15) is 0 Å². The first-order valence-corrected chi connectivity index (χ1v) is 6.94. The minimum atomic E-state index is -2.56. The topological polar surface area (TPSA) is 71.5 Å². The van der Waals surface area contributed by atoms with E-state index in [1.807, 2.05) is 0 Å².